The number of para-hydroxylation sites is 1. The molecule has 24 heavy (non-hydrogen) atoms. The zero-order valence-electron chi connectivity index (χ0n) is 12.5. The Morgan fingerprint density at radius 1 is 1.29 bits per heavy atom. The van der Waals surface area contributed by atoms with Crippen LogP contribution < -0.4 is 10.2 Å². The van der Waals surface area contributed by atoms with Crippen LogP contribution in [0.15, 0.2) is 48.9 Å². The van der Waals surface area contributed by atoms with Gasteiger partial charge in [0, 0.05) is 10.0 Å². The average molecular weight is 521 g/mol. The summed E-state index contributed by atoms with van der Waals surface area (Å²) in [6.45, 7) is 1.76. The molecule has 0 heterocycles. The Kier molecular flexibility index (Phi) is 6.82. The van der Waals surface area contributed by atoms with Gasteiger partial charge in [-0.3, -0.25) is 4.79 Å². The zero-order valence-corrected chi connectivity index (χ0v) is 17.3. The third kappa shape index (κ3) is 4.81. The molecule has 5 nitrogen and oxygen atoms in total. The molecule has 0 aliphatic heterocycles. The van der Waals surface area contributed by atoms with Crippen LogP contribution in [-0.2, 0) is 4.79 Å². The van der Waals surface area contributed by atoms with E-state index in [2.05, 4.69) is 58.3 Å². The number of hydrogen-bond acceptors (Lipinski definition) is 4. The lowest BCUT2D eigenvalue weighted by Crippen LogP contribution is -2.24. The molecule has 0 radical (unpaired) electrons. The quantitative estimate of drug-likeness (QED) is 0.450. The molecule has 126 valence electrons. The maximum absolute atomic E-state index is 11.8. The van der Waals surface area contributed by atoms with E-state index in [1.165, 1.54) is 6.21 Å². The van der Waals surface area contributed by atoms with Gasteiger partial charge in [-0.1, -0.05) is 34.1 Å². The smallest absolute Gasteiger partial charge is 0.277 e. The van der Waals surface area contributed by atoms with Gasteiger partial charge in [-0.2, -0.15) is 5.10 Å². The molecule has 0 atom stereocenters. The van der Waals surface area contributed by atoms with Gasteiger partial charge in [0.05, 0.1) is 15.2 Å². The molecule has 2 N–H and O–H groups in total. The van der Waals surface area contributed by atoms with E-state index < -0.39 is 0 Å². The highest BCUT2D eigenvalue weighted by Crippen LogP contribution is 2.38. The SMILES string of the molecule is Cc1ccccc1OCC(=O)N/N=C/c1c(Br)cc(Br)c(O)c1Br. The molecule has 1 amide bonds. The van der Waals surface area contributed by atoms with Crippen molar-refractivity contribution in [3.8, 4) is 11.5 Å². The Morgan fingerprint density at radius 2 is 2.00 bits per heavy atom. The Hall–Kier alpha value is -1.38. The topological polar surface area (TPSA) is 70.9 Å². The molecule has 2 aromatic rings. The molecule has 0 aliphatic rings. The molecule has 0 aromatic heterocycles. The molecule has 0 saturated heterocycles. The van der Waals surface area contributed by atoms with Crippen LogP contribution in [0.25, 0.3) is 0 Å². The van der Waals surface area contributed by atoms with Gasteiger partial charge in [0.15, 0.2) is 6.61 Å². The highest BCUT2D eigenvalue weighted by molar-refractivity contribution is 9.11. The maximum Gasteiger partial charge on any atom is 0.277 e. The highest BCUT2D eigenvalue weighted by atomic mass is 79.9. The van der Waals surface area contributed by atoms with Gasteiger partial charge in [-0.25, -0.2) is 5.43 Å². The van der Waals surface area contributed by atoms with Gasteiger partial charge in [-0.05, 0) is 56.5 Å². The van der Waals surface area contributed by atoms with Crippen molar-refractivity contribution in [2.24, 2.45) is 5.10 Å². The van der Waals surface area contributed by atoms with Crippen LogP contribution in [0.1, 0.15) is 11.1 Å². The van der Waals surface area contributed by atoms with Gasteiger partial charge in [0.25, 0.3) is 5.91 Å². The van der Waals surface area contributed by atoms with E-state index in [-0.39, 0.29) is 18.3 Å². The number of rotatable bonds is 5. The second kappa shape index (κ2) is 8.64. The van der Waals surface area contributed by atoms with E-state index in [0.29, 0.717) is 24.7 Å². The third-order valence-electron chi connectivity index (χ3n) is 3.02. The molecular formula is C16H13Br3N2O3. The summed E-state index contributed by atoms with van der Waals surface area (Å²) in [7, 11) is 0. The predicted molar refractivity (Wildman–Crippen MR) is 104 cm³/mol. The standard InChI is InChI=1S/C16H13Br3N2O3/c1-9-4-2-3-5-13(9)24-8-14(22)21-20-7-10-11(17)6-12(18)16(23)15(10)19/h2-7,23H,8H2,1H3,(H,21,22)/b20-7+. The largest absolute Gasteiger partial charge is 0.506 e. The number of halogens is 3. The summed E-state index contributed by atoms with van der Waals surface area (Å²) in [5.74, 6) is 0.317. The van der Waals surface area contributed by atoms with Crippen molar-refractivity contribution in [2.75, 3.05) is 6.61 Å². The number of hydrogen-bond donors (Lipinski definition) is 2. The van der Waals surface area contributed by atoms with Gasteiger partial charge < -0.3 is 9.84 Å². The summed E-state index contributed by atoms with van der Waals surface area (Å²) in [4.78, 5) is 11.8. The number of phenolic OH excluding ortho intramolecular Hbond substituents is 1. The first kappa shape index (κ1) is 19.0. The van der Waals surface area contributed by atoms with Gasteiger partial charge in [0.1, 0.15) is 11.5 Å². The summed E-state index contributed by atoms with van der Waals surface area (Å²) in [6.07, 6.45) is 1.42. The first-order valence-corrected chi connectivity index (χ1v) is 9.15. The van der Waals surface area contributed by atoms with Crippen LogP contribution in [0.4, 0.5) is 0 Å². The van der Waals surface area contributed by atoms with E-state index in [9.17, 15) is 9.90 Å². The van der Waals surface area contributed by atoms with Crippen LogP contribution in [0.5, 0.6) is 11.5 Å². The second-order valence-electron chi connectivity index (χ2n) is 4.76. The first-order chi connectivity index (χ1) is 11.4. The van der Waals surface area contributed by atoms with Crippen molar-refractivity contribution in [2.45, 2.75) is 6.92 Å². The molecule has 8 heteroatoms. The number of benzene rings is 2. The Labute approximate surface area is 164 Å². The number of nitrogens with one attached hydrogen (secondary N) is 1. The van der Waals surface area contributed by atoms with E-state index in [1.807, 2.05) is 25.1 Å². The van der Waals surface area contributed by atoms with Gasteiger partial charge >= 0.3 is 0 Å². The summed E-state index contributed by atoms with van der Waals surface area (Å²) < 4.78 is 7.13. The van der Waals surface area contributed by atoms with Crippen molar-refractivity contribution in [1.29, 1.82) is 0 Å². The van der Waals surface area contributed by atoms with Crippen LogP contribution >= 0.6 is 47.8 Å². The summed E-state index contributed by atoms with van der Waals surface area (Å²) in [5, 5.41) is 13.8. The number of amides is 1. The van der Waals surface area contributed by atoms with Crippen molar-refractivity contribution in [3.05, 3.63) is 54.9 Å². The molecule has 0 fully saturated rings. The third-order valence-corrected chi connectivity index (χ3v) is 5.08. The molecule has 0 bridgehead atoms. The predicted octanol–water partition coefficient (Wildman–Crippen LogP) is 4.52. The monoisotopic (exact) mass is 518 g/mol. The normalized spacial score (nSPS) is 10.8. The van der Waals surface area contributed by atoms with Crippen molar-refractivity contribution < 1.29 is 14.6 Å². The molecular weight excluding hydrogens is 508 g/mol. The number of nitrogens with zero attached hydrogens (tertiary/aromatic N) is 1. The number of aryl methyl sites for hydroxylation is 1. The highest BCUT2D eigenvalue weighted by Gasteiger charge is 2.12. The van der Waals surface area contributed by atoms with Crippen molar-refractivity contribution in [1.82, 2.24) is 5.43 Å². The fourth-order valence-electron chi connectivity index (χ4n) is 1.78. The van der Waals surface area contributed by atoms with E-state index >= 15 is 0 Å². The number of aromatic hydroxyl groups is 1. The van der Waals surface area contributed by atoms with Crippen molar-refractivity contribution in [3.63, 3.8) is 0 Å². The van der Waals surface area contributed by atoms with Crippen LogP contribution in [0, 0.1) is 6.92 Å². The summed E-state index contributed by atoms with van der Waals surface area (Å²) in [5.41, 5.74) is 3.92. The molecule has 0 aliphatic carbocycles. The zero-order chi connectivity index (χ0) is 17.7. The van der Waals surface area contributed by atoms with Crippen molar-refractivity contribution >= 4 is 59.9 Å². The van der Waals surface area contributed by atoms with Gasteiger partial charge in [0.2, 0.25) is 0 Å². The molecule has 0 saturated carbocycles. The Balaban J connectivity index is 1.96. The average Bonchev–Trinajstić information content (AvgIpc) is 2.55. The lowest BCUT2D eigenvalue weighted by molar-refractivity contribution is -0.123. The molecule has 0 spiro atoms. The first-order valence-electron chi connectivity index (χ1n) is 6.77. The second-order valence-corrected chi connectivity index (χ2v) is 7.27. The fraction of sp³-hybridized carbons (Fsp3) is 0.125. The van der Waals surface area contributed by atoms with E-state index in [0.717, 1.165) is 5.56 Å². The van der Waals surface area contributed by atoms with Crippen LogP contribution in [0.3, 0.4) is 0 Å². The molecule has 2 rings (SSSR count). The molecule has 0 unspecified atom stereocenters. The number of carbonyl (C=O) groups is 1. The van der Waals surface area contributed by atoms with Crippen LogP contribution in [0.2, 0.25) is 0 Å². The minimum Gasteiger partial charge on any atom is -0.506 e. The van der Waals surface area contributed by atoms with Gasteiger partial charge in [-0.15, -0.1) is 0 Å². The van der Waals surface area contributed by atoms with E-state index in [4.69, 9.17) is 4.74 Å². The number of hydrazone groups is 1. The fourth-order valence-corrected chi connectivity index (χ4v) is 4.10. The Morgan fingerprint density at radius 3 is 2.71 bits per heavy atom. The summed E-state index contributed by atoms with van der Waals surface area (Å²) in [6, 6.07) is 9.12. The van der Waals surface area contributed by atoms with Crippen LogP contribution in [-0.4, -0.2) is 23.8 Å². The van der Waals surface area contributed by atoms with E-state index in [1.54, 1.807) is 12.1 Å². The lowest BCUT2D eigenvalue weighted by Gasteiger charge is -2.08. The number of phenols is 1. The molecule has 2 aromatic carbocycles. The lowest BCUT2D eigenvalue weighted by atomic mass is 10.2. The minimum absolute atomic E-state index is 0.0499. The minimum atomic E-state index is -0.386. The number of ether oxygens (including phenoxy) is 1. The maximum atomic E-state index is 11.8. The number of carbonyl (C=O) groups excluding carboxylic acids is 1. The Bertz CT molecular complexity index is 794. The summed E-state index contributed by atoms with van der Waals surface area (Å²) >= 11 is 9.88.